The van der Waals surface area contributed by atoms with E-state index < -0.39 is 54.9 Å². The summed E-state index contributed by atoms with van der Waals surface area (Å²) in [7, 11) is 1.40. The molecule has 0 spiro atoms. The van der Waals surface area contributed by atoms with Crippen LogP contribution in [0.3, 0.4) is 0 Å². The smallest absolute Gasteiger partial charge is 0.323 e. The zero-order valence-electron chi connectivity index (χ0n) is 23.3. The number of carbonyl (C=O) groups excluding carboxylic acids is 1. The summed E-state index contributed by atoms with van der Waals surface area (Å²) in [4.78, 5) is 12.0. The van der Waals surface area contributed by atoms with Gasteiger partial charge in [0.15, 0.2) is 6.10 Å². The molecule has 1 fully saturated rings. The number of nitrogens with two attached hydrogens (primary N) is 1. The number of unbranched alkanes of at least 4 members (excludes halogenated alkanes) is 3. The lowest BCUT2D eigenvalue weighted by atomic mass is 9.89. The van der Waals surface area contributed by atoms with Crippen LogP contribution in [0.1, 0.15) is 72.6 Å². The summed E-state index contributed by atoms with van der Waals surface area (Å²) in [6, 6.07) is -1.53. The molecule has 1 aliphatic heterocycles. The lowest BCUT2D eigenvalue weighted by Gasteiger charge is -2.48. The van der Waals surface area contributed by atoms with Crippen molar-refractivity contribution in [3.63, 3.8) is 0 Å². The Morgan fingerprint density at radius 3 is 2.08 bits per heavy atom. The summed E-state index contributed by atoms with van der Waals surface area (Å²) in [5.74, 6) is -4.45. The van der Waals surface area contributed by atoms with Crippen LogP contribution >= 0.6 is 0 Å². The topological polar surface area (TPSA) is 108 Å². The second-order valence-corrected chi connectivity index (χ2v) is 9.26. The molecule has 0 unspecified atom stereocenters. The highest BCUT2D eigenvalue weighted by molar-refractivity contribution is 5.75. The second kappa shape index (κ2) is 19.2. The van der Waals surface area contributed by atoms with Crippen molar-refractivity contribution >= 4 is 5.97 Å². The fraction of sp³-hybridized carbons (Fsp3) is 0.962. The SMILES string of the molecule is CCCCOC[C@H]1O[C@H](C(F)(F)C[C@H](N)C(=O)OCC)[C@H](OCOC)[C@@H](OCCCC)[C@H]1OCCCC. The third-order valence-electron chi connectivity index (χ3n) is 6.05. The quantitative estimate of drug-likeness (QED) is 0.132. The van der Waals surface area contributed by atoms with Crippen LogP contribution in [0.4, 0.5) is 8.78 Å². The molecule has 1 aliphatic rings. The highest BCUT2D eigenvalue weighted by Gasteiger charge is 2.57. The van der Waals surface area contributed by atoms with E-state index in [0.717, 1.165) is 38.5 Å². The van der Waals surface area contributed by atoms with E-state index in [1.165, 1.54) is 7.11 Å². The maximum Gasteiger partial charge on any atom is 0.323 e. The van der Waals surface area contributed by atoms with E-state index in [1.54, 1.807) is 6.92 Å². The van der Waals surface area contributed by atoms with Gasteiger partial charge in [-0.1, -0.05) is 40.0 Å². The zero-order valence-corrected chi connectivity index (χ0v) is 23.3. The third kappa shape index (κ3) is 11.8. The van der Waals surface area contributed by atoms with Crippen LogP contribution in [-0.2, 0) is 38.0 Å². The molecule has 0 radical (unpaired) electrons. The van der Waals surface area contributed by atoms with Crippen LogP contribution in [0, 0.1) is 0 Å². The summed E-state index contributed by atoms with van der Waals surface area (Å²) in [5, 5.41) is 0. The molecule has 9 nitrogen and oxygen atoms in total. The predicted octanol–water partition coefficient (Wildman–Crippen LogP) is 3.85. The second-order valence-electron chi connectivity index (χ2n) is 9.26. The molecule has 220 valence electrons. The first kappa shape index (κ1) is 34.1. The molecule has 0 aromatic carbocycles. The minimum absolute atomic E-state index is 0.0406. The number of carbonyl (C=O) groups is 1. The molecule has 2 N–H and O–H groups in total. The molecule has 0 aromatic rings. The molecule has 11 heteroatoms. The van der Waals surface area contributed by atoms with Gasteiger partial charge in [-0.15, -0.1) is 0 Å². The Kier molecular flexibility index (Phi) is 17.6. The van der Waals surface area contributed by atoms with Crippen molar-refractivity contribution in [2.24, 2.45) is 5.73 Å². The van der Waals surface area contributed by atoms with E-state index in [2.05, 4.69) is 0 Å². The standard InChI is InChI=1S/C26H49F2NO8/c1-6-10-13-32-17-20-21(34-14-11-7-2)22(35-15-12-8-3)23(36-18-31-5)24(37-20)26(27,28)16-19(29)25(30)33-9-4/h19-24H,6-18,29H2,1-5H3/t19-,20+,21-,22-,23+,24-/m0/s1. The number of halogens is 2. The minimum Gasteiger partial charge on any atom is -0.465 e. The molecular formula is C26H49F2NO8. The molecule has 6 atom stereocenters. The Hall–Kier alpha value is -0.950. The van der Waals surface area contributed by atoms with Gasteiger partial charge in [-0.25, -0.2) is 8.78 Å². The van der Waals surface area contributed by atoms with Crippen molar-refractivity contribution in [1.29, 1.82) is 0 Å². The molecule has 0 aromatic heterocycles. The molecule has 0 saturated carbocycles. The first-order valence-corrected chi connectivity index (χ1v) is 13.6. The van der Waals surface area contributed by atoms with Gasteiger partial charge in [0.05, 0.1) is 13.2 Å². The first-order chi connectivity index (χ1) is 17.8. The largest absolute Gasteiger partial charge is 0.465 e. The maximum atomic E-state index is 15.8. The van der Waals surface area contributed by atoms with Gasteiger partial charge in [0.1, 0.15) is 37.3 Å². The van der Waals surface area contributed by atoms with Crippen LogP contribution in [0.15, 0.2) is 0 Å². The van der Waals surface area contributed by atoms with E-state index in [0.29, 0.717) is 19.8 Å². The van der Waals surface area contributed by atoms with Crippen molar-refractivity contribution < 1.29 is 46.7 Å². The van der Waals surface area contributed by atoms with Crippen LogP contribution in [-0.4, -0.2) is 95.4 Å². The number of hydrogen-bond acceptors (Lipinski definition) is 9. The molecule has 0 bridgehead atoms. The van der Waals surface area contributed by atoms with Gasteiger partial charge in [-0.2, -0.15) is 0 Å². The van der Waals surface area contributed by atoms with Crippen molar-refractivity contribution in [2.75, 3.05) is 46.9 Å². The van der Waals surface area contributed by atoms with Crippen molar-refractivity contribution in [3.05, 3.63) is 0 Å². The van der Waals surface area contributed by atoms with Crippen molar-refractivity contribution in [2.45, 2.75) is 115 Å². The average Bonchev–Trinajstić information content (AvgIpc) is 2.86. The van der Waals surface area contributed by atoms with Gasteiger partial charge in [-0.3, -0.25) is 4.79 Å². The fourth-order valence-corrected chi connectivity index (χ4v) is 4.02. The Morgan fingerprint density at radius 1 is 0.919 bits per heavy atom. The Bertz CT molecular complexity index is 601. The molecular weight excluding hydrogens is 492 g/mol. The summed E-state index contributed by atoms with van der Waals surface area (Å²) in [5.41, 5.74) is 5.77. The van der Waals surface area contributed by atoms with Crippen LogP contribution in [0.5, 0.6) is 0 Å². The van der Waals surface area contributed by atoms with Crippen LogP contribution < -0.4 is 5.73 Å². The molecule has 0 amide bonds. The van der Waals surface area contributed by atoms with Gasteiger partial charge in [0.2, 0.25) is 0 Å². The van der Waals surface area contributed by atoms with E-state index >= 15 is 8.78 Å². The van der Waals surface area contributed by atoms with E-state index in [-0.39, 0.29) is 20.0 Å². The normalized spacial score (nSPS) is 25.2. The average molecular weight is 542 g/mol. The number of alkyl halides is 2. The summed E-state index contributed by atoms with van der Waals surface area (Å²) in [6.07, 6.45) is -1.33. The highest BCUT2D eigenvalue weighted by atomic mass is 19.3. The van der Waals surface area contributed by atoms with Gasteiger partial charge in [0.25, 0.3) is 5.92 Å². The molecule has 1 saturated heterocycles. The van der Waals surface area contributed by atoms with Gasteiger partial charge >= 0.3 is 5.97 Å². The number of methoxy groups -OCH3 is 1. The zero-order chi connectivity index (χ0) is 27.7. The van der Waals surface area contributed by atoms with Crippen molar-refractivity contribution in [3.8, 4) is 0 Å². The number of rotatable bonds is 21. The fourth-order valence-electron chi connectivity index (χ4n) is 4.02. The molecule has 1 heterocycles. The monoisotopic (exact) mass is 541 g/mol. The Labute approximate surface area is 220 Å². The van der Waals surface area contributed by atoms with E-state index in [1.807, 2.05) is 20.8 Å². The number of hydrogen-bond donors (Lipinski definition) is 1. The Morgan fingerprint density at radius 2 is 1.51 bits per heavy atom. The molecule has 0 aliphatic carbocycles. The van der Waals surface area contributed by atoms with Gasteiger partial charge in [-0.05, 0) is 26.2 Å². The summed E-state index contributed by atoms with van der Waals surface area (Å²) < 4.78 is 71.3. The highest BCUT2D eigenvalue weighted by Crippen LogP contribution is 2.38. The summed E-state index contributed by atoms with van der Waals surface area (Å²) in [6.45, 7) is 8.74. The molecule has 1 rings (SSSR count). The lowest BCUT2D eigenvalue weighted by Crippen LogP contribution is -2.66. The van der Waals surface area contributed by atoms with Crippen molar-refractivity contribution in [1.82, 2.24) is 0 Å². The van der Waals surface area contributed by atoms with E-state index in [4.69, 9.17) is 38.9 Å². The summed E-state index contributed by atoms with van der Waals surface area (Å²) >= 11 is 0. The van der Waals surface area contributed by atoms with Crippen LogP contribution in [0.2, 0.25) is 0 Å². The minimum atomic E-state index is -3.55. The van der Waals surface area contributed by atoms with E-state index in [9.17, 15) is 4.79 Å². The Balaban J connectivity index is 3.32. The van der Waals surface area contributed by atoms with Gasteiger partial charge < -0.3 is 38.9 Å². The number of ether oxygens (including phenoxy) is 7. The first-order valence-electron chi connectivity index (χ1n) is 13.6. The lowest BCUT2D eigenvalue weighted by molar-refractivity contribution is -0.314. The maximum absolute atomic E-state index is 15.8. The third-order valence-corrected chi connectivity index (χ3v) is 6.05. The predicted molar refractivity (Wildman–Crippen MR) is 135 cm³/mol. The molecule has 37 heavy (non-hydrogen) atoms. The number of esters is 1. The van der Waals surface area contributed by atoms with Crippen LogP contribution in [0.25, 0.3) is 0 Å². The van der Waals surface area contributed by atoms with Gasteiger partial charge in [0, 0.05) is 33.4 Å².